The molecule has 0 spiro atoms. The standard InChI is InChI=1S/C24H27N5O2S/c1-17-7-6-10-20(18(17)2)26-22(30)16-28-11-13-29(14-12-28)24(31)27-23-25-15-21(32-23)19-8-4-3-5-9-19/h3-10,15H,11-14,16H2,1-2H3,(H,26,30)(H,25,27,31). The molecule has 0 unspecified atom stereocenters. The molecule has 1 aliphatic rings. The SMILES string of the molecule is Cc1cccc(NC(=O)CN2CCN(C(=O)Nc3ncc(-c4ccccc4)s3)CC2)c1C. The maximum absolute atomic E-state index is 12.6. The molecule has 0 bridgehead atoms. The number of nitrogens with zero attached hydrogens (tertiary/aromatic N) is 3. The van der Waals surface area contributed by atoms with E-state index < -0.39 is 0 Å². The van der Waals surface area contributed by atoms with E-state index in [4.69, 9.17) is 0 Å². The van der Waals surface area contributed by atoms with E-state index >= 15 is 0 Å². The summed E-state index contributed by atoms with van der Waals surface area (Å²) in [4.78, 5) is 34.3. The second kappa shape index (κ2) is 9.93. The molecular formula is C24H27N5O2S. The number of thiazole rings is 1. The number of nitrogens with one attached hydrogen (secondary N) is 2. The lowest BCUT2D eigenvalue weighted by Crippen LogP contribution is -2.51. The van der Waals surface area contributed by atoms with E-state index in [-0.39, 0.29) is 11.9 Å². The van der Waals surface area contributed by atoms with E-state index in [0.717, 1.165) is 27.3 Å². The van der Waals surface area contributed by atoms with Crippen LogP contribution in [-0.4, -0.2) is 59.4 Å². The van der Waals surface area contributed by atoms with Gasteiger partial charge in [0.15, 0.2) is 5.13 Å². The van der Waals surface area contributed by atoms with Gasteiger partial charge in [0.1, 0.15) is 0 Å². The number of hydrogen-bond acceptors (Lipinski definition) is 5. The Balaban J connectivity index is 1.24. The number of hydrogen-bond donors (Lipinski definition) is 2. The van der Waals surface area contributed by atoms with Gasteiger partial charge in [0.05, 0.1) is 11.4 Å². The van der Waals surface area contributed by atoms with E-state index in [1.165, 1.54) is 11.3 Å². The molecular weight excluding hydrogens is 422 g/mol. The van der Waals surface area contributed by atoms with Crippen molar-refractivity contribution in [2.24, 2.45) is 0 Å². The van der Waals surface area contributed by atoms with Gasteiger partial charge in [-0.1, -0.05) is 53.8 Å². The third-order valence-electron chi connectivity index (χ3n) is 5.68. The van der Waals surface area contributed by atoms with Gasteiger partial charge in [0.25, 0.3) is 0 Å². The van der Waals surface area contributed by atoms with Crippen molar-refractivity contribution in [3.63, 3.8) is 0 Å². The fraction of sp³-hybridized carbons (Fsp3) is 0.292. The van der Waals surface area contributed by atoms with Crippen molar-refractivity contribution < 1.29 is 9.59 Å². The maximum atomic E-state index is 12.6. The minimum absolute atomic E-state index is 0.0344. The summed E-state index contributed by atoms with van der Waals surface area (Å²) in [7, 11) is 0. The molecule has 1 aromatic heterocycles. The van der Waals surface area contributed by atoms with Crippen molar-refractivity contribution in [2.45, 2.75) is 13.8 Å². The molecule has 0 atom stereocenters. The van der Waals surface area contributed by atoms with Crippen LogP contribution in [-0.2, 0) is 4.79 Å². The van der Waals surface area contributed by atoms with Crippen molar-refractivity contribution in [3.8, 4) is 10.4 Å². The summed E-state index contributed by atoms with van der Waals surface area (Å²) in [6.07, 6.45) is 1.78. The van der Waals surface area contributed by atoms with Crippen LogP contribution in [0.4, 0.5) is 15.6 Å². The van der Waals surface area contributed by atoms with Crippen LogP contribution in [0.15, 0.2) is 54.7 Å². The number of benzene rings is 2. The summed E-state index contributed by atoms with van der Waals surface area (Å²) in [5.74, 6) is -0.0344. The predicted octanol–water partition coefficient (Wildman–Crippen LogP) is 4.22. The number of urea groups is 1. The van der Waals surface area contributed by atoms with Crippen molar-refractivity contribution >= 4 is 34.1 Å². The van der Waals surface area contributed by atoms with E-state index in [0.29, 0.717) is 37.9 Å². The molecule has 32 heavy (non-hydrogen) atoms. The lowest BCUT2D eigenvalue weighted by atomic mass is 10.1. The fourth-order valence-electron chi connectivity index (χ4n) is 3.63. The first-order valence-corrected chi connectivity index (χ1v) is 11.5. The monoisotopic (exact) mass is 449 g/mol. The quantitative estimate of drug-likeness (QED) is 0.612. The molecule has 0 aliphatic carbocycles. The Kier molecular flexibility index (Phi) is 6.82. The number of carbonyl (C=O) groups excluding carboxylic acids is 2. The topological polar surface area (TPSA) is 77.6 Å². The Bertz CT molecular complexity index is 1090. The molecule has 0 radical (unpaired) electrons. The van der Waals surface area contributed by atoms with E-state index in [2.05, 4.69) is 20.5 Å². The Hall–Kier alpha value is -3.23. The lowest BCUT2D eigenvalue weighted by molar-refractivity contribution is -0.117. The molecule has 3 amide bonds. The number of aryl methyl sites for hydroxylation is 1. The van der Waals surface area contributed by atoms with Crippen molar-refractivity contribution in [1.82, 2.24) is 14.8 Å². The number of aromatic nitrogens is 1. The second-order valence-corrected chi connectivity index (χ2v) is 8.92. The van der Waals surface area contributed by atoms with Crippen LogP contribution in [0.3, 0.4) is 0 Å². The van der Waals surface area contributed by atoms with Crippen molar-refractivity contribution in [2.75, 3.05) is 43.4 Å². The fourth-order valence-corrected chi connectivity index (χ4v) is 4.44. The highest BCUT2D eigenvalue weighted by atomic mass is 32.1. The number of carbonyl (C=O) groups is 2. The first-order chi connectivity index (χ1) is 15.5. The van der Waals surface area contributed by atoms with Crippen LogP contribution in [0.2, 0.25) is 0 Å². The highest BCUT2D eigenvalue weighted by molar-refractivity contribution is 7.19. The molecule has 1 saturated heterocycles. The smallest absolute Gasteiger partial charge is 0.323 e. The van der Waals surface area contributed by atoms with Gasteiger partial charge in [-0.25, -0.2) is 9.78 Å². The van der Waals surface area contributed by atoms with Gasteiger partial charge in [-0.2, -0.15) is 0 Å². The molecule has 7 nitrogen and oxygen atoms in total. The molecule has 1 aliphatic heterocycles. The molecule has 166 valence electrons. The number of anilines is 2. The van der Waals surface area contributed by atoms with Gasteiger partial charge in [-0.05, 0) is 36.6 Å². The number of amides is 3. The summed E-state index contributed by atoms with van der Waals surface area (Å²) >= 11 is 1.46. The van der Waals surface area contributed by atoms with Crippen molar-refractivity contribution in [1.29, 1.82) is 0 Å². The van der Waals surface area contributed by atoms with Gasteiger partial charge in [0.2, 0.25) is 5.91 Å². The molecule has 2 aromatic carbocycles. The highest BCUT2D eigenvalue weighted by Gasteiger charge is 2.23. The van der Waals surface area contributed by atoms with Crippen molar-refractivity contribution in [3.05, 3.63) is 65.9 Å². The largest absolute Gasteiger partial charge is 0.325 e. The third-order valence-corrected chi connectivity index (χ3v) is 6.65. The normalized spacial score (nSPS) is 14.2. The third kappa shape index (κ3) is 5.33. The highest BCUT2D eigenvalue weighted by Crippen LogP contribution is 2.28. The summed E-state index contributed by atoms with van der Waals surface area (Å²) in [5.41, 5.74) is 4.17. The van der Waals surface area contributed by atoms with E-state index in [1.807, 2.05) is 62.4 Å². The average molecular weight is 450 g/mol. The summed E-state index contributed by atoms with van der Waals surface area (Å²) in [6, 6.07) is 15.7. The van der Waals surface area contributed by atoms with Gasteiger partial charge < -0.3 is 10.2 Å². The van der Waals surface area contributed by atoms with Gasteiger partial charge in [0, 0.05) is 38.1 Å². The molecule has 2 N–H and O–H groups in total. The van der Waals surface area contributed by atoms with Gasteiger partial charge in [-0.15, -0.1) is 0 Å². The average Bonchev–Trinajstić information content (AvgIpc) is 3.26. The first-order valence-electron chi connectivity index (χ1n) is 10.6. The molecule has 3 aromatic rings. The summed E-state index contributed by atoms with van der Waals surface area (Å²) < 4.78 is 0. The molecule has 4 rings (SSSR count). The zero-order chi connectivity index (χ0) is 22.5. The first kappa shape index (κ1) is 22.0. The molecule has 2 heterocycles. The van der Waals surface area contributed by atoms with Crippen LogP contribution in [0.5, 0.6) is 0 Å². The van der Waals surface area contributed by atoms with E-state index in [9.17, 15) is 9.59 Å². The second-order valence-electron chi connectivity index (χ2n) is 7.88. The number of rotatable bonds is 5. The van der Waals surface area contributed by atoms with Gasteiger partial charge >= 0.3 is 6.03 Å². The number of piperazine rings is 1. The molecule has 8 heteroatoms. The zero-order valence-corrected chi connectivity index (χ0v) is 19.1. The Morgan fingerprint density at radius 3 is 2.47 bits per heavy atom. The van der Waals surface area contributed by atoms with Crippen LogP contribution >= 0.6 is 11.3 Å². The summed E-state index contributed by atoms with van der Waals surface area (Å²) in [6.45, 7) is 6.80. The predicted molar refractivity (Wildman–Crippen MR) is 129 cm³/mol. The Labute approximate surface area is 192 Å². The minimum atomic E-state index is -0.154. The van der Waals surface area contributed by atoms with Crippen LogP contribution in [0, 0.1) is 13.8 Å². The van der Waals surface area contributed by atoms with Crippen LogP contribution in [0.1, 0.15) is 11.1 Å². The maximum Gasteiger partial charge on any atom is 0.323 e. The minimum Gasteiger partial charge on any atom is -0.325 e. The lowest BCUT2D eigenvalue weighted by Gasteiger charge is -2.34. The van der Waals surface area contributed by atoms with Crippen LogP contribution in [0.25, 0.3) is 10.4 Å². The Morgan fingerprint density at radius 2 is 1.72 bits per heavy atom. The van der Waals surface area contributed by atoms with E-state index in [1.54, 1.807) is 11.1 Å². The van der Waals surface area contributed by atoms with Crippen LogP contribution < -0.4 is 10.6 Å². The van der Waals surface area contributed by atoms with Gasteiger partial charge in [-0.3, -0.25) is 15.0 Å². The molecule has 0 saturated carbocycles. The molecule has 1 fully saturated rings. The summed E-state index contributed by atoms with van der Waals surface area (Å²) in [5, 5.41) is 6.49. The Morgan fingerprint density at radius 1 is 0.969 bits per heavy atom. The zero-order valence-electron chi connectivity index (χ0n) is 18.3.